The van der Waals surface area contributed by atoms with Crippen molar-refractivity contribution in [1.82, 2.24) is 14.7 Å². The van der Waals surface area contributed by atoms with Gasteiger partial charge in [-0.3, -0.25) is 4.68 Å². The first kappa shape index (κ1) is 16.0. The molecule has 1 saturated heterocycles. The molecule has 0 bridgehead atoms. The van der Waals surface area contributed by atoms with E-state index >= 15 is 0 Å². The molecular formula is C19H23N3O3. The molecule has 0 unspecified atom stereocenters. The average Bonchev–Trinajstić information content (AvgIpc) is 3.08. The van der Waals surface area contributed by atoms with E-state index in [0.717, 1.165) is 42.0 Å². The Bertz CT molecular complexity index is 791. The van der Waals surface area contributed by atoms with Gasteiger partial charge in [-0.2, -0.15) is 5.10 Å². The van der Waals surface area contributed by atoms with Gasteiger partial charge in [0.25, 0.3) is 0 Å². The summed E-state index contributed by atoms with van der Waals surface area (Å²) in [4.78, 5) is 13.8. The normalized spacial score (nSPS) is 17.6. The molecule has 2 aliphatic rings. The minimum Gasteiger partial charge on any atom is -0.482 e. The van der Waals surface area contributed by atoms with Crippen molar-refractivity contribution < 1.29 is 14.3 Å². The van der Waals surface area contributed by atoms with Gasteiger partial charge in [0.1, 0.15) is 11.4 Å². The predicted octanol–water partition coefficient (Wildman–Crippen LogP) is 3.41. The van der Waals surface area contributed by atoms with Gasteiger partial charge in [-0.15, -0.1) is 0 Å². The van der Waals surface area contributed by atoms with Crippen molar-refractivity contribution in [3.05, 3.63) is 36.0 Å². The molecule has 0 saturated carbocycles. The zero-order valence-electron chi connectivity index (χ0n) is 14.7. The molecule has 4 rings (SSSR count). The van der Waals surface area contributed by atoms with Gasteiger partial charge in [-0.1, -0.05) is 12.1 Å². The smallest absolute Gasteiger partial charge is 0.409 e. The second-order valence-corrected chi connectivity index (χ2v) is 6.50. The summed E-state index contributed by atoms with van der Waals surface area (Å²) in [5, 5.41) is 4.58. The van der Waals surface area contributed by atoms with Gasteiger partial charge < -0.3 is 14.4 Å². The second-order valence-electron chi connectivity index (χ2n) is 6.50. The number of hydrogen-bond acceptors (Lipinski definition) is 4. The van der Waals surface area contributed by atoms with Crippen molar-refractivity contribution in [2.45, 2.75) is 38.8 Å². The maximum Gasteiger partial charge on any atom is 0.409 e. The highest BCUT2D eigenvalue weighted by atomic mass is 16.6. The second kappa shape index (κ2) is 6.10. The van der Waals surface area contributed by atoms with Gasteiger partial charge in [-0.05, 0) is 26.0 Å². The van der Waals surface area contributed by atoms with Crippen LogP contribution in [0.15, 0.2) is 30.5 Å². The van der Waals surface area contributed by atoms with Gasteiger partial charge in [0.2, 0.25) is 0 Å². The lowest BCUT2D eigenvalue weighted by molar-refractivity contribution is -0.00504. The Balaban J connectivity index is 1.69. The monoisotopic (exact) mass is 341 g/mol. The maximum absolute atomic E-state index is 12.0. The van der Waals surface area contributed by atoms with E-state index in [1.807, 2.05) is 36.0 Å². The summed E-state index contributed by atoms with van der Waals surface area (Å²) in [6.07, 6.45) is 3.18. The summed E-state index contributed by atoms with van der Waals surface area (Å²) >= 11 is 0. The molecule has 0 radical (unpaired) electrons. The van der Waals surface area contributed by atoms with E-state index < -0.39 is 5.60 Å². The van der Waals surface area contributed by atoms with Crippen LogP contribution in [0.25, 0.3) is 11.3 Å². The Labute approximate surface area is 147 Å². The summed E-state index contributed by atoms with van der Waals surface area (Å²) in [6.45, 7) is 6.39. The van der Waals surface area contributed by atoms with Crippen LogP contribution in [0.3, 0.4) is 0 Å². The molecule has 2 aromatic rings. The van der Waals surface area contributed by atoms with Gasteiger partial charge in [0, 0.05) is 43.6 Å². The fraction of sp³-hybridized carbons (Fsp3) is 0.474. The Morgan fingerprint density at radius 1 is 1.28 bits per heavy atom. The van der Waals surface area contributed by atoms with E-state index in [1.165, 1.54) is 0 Å². The molecule has 6 nitrogen and oxygen atoms in total. The largest absolute Gasteiger partial charge is 0.482 e. The number of amides is 1. The number of carbonyl (C=O) groups is 1. The Hall–Kier alpha value is -2.50. The van der Waals surface area contributed by atoms with Gasteiger partial charge >= 0.3 is 6.09 Å². The number of benzene rings is 1. The van der Waals surface area contributed by atoms with Crippen LogP contribution in [0.5, 0.6) is 5.75 Å². The van der Waals surface area contributed by atoms with Crippen LogP contribution in [-0.4, -0.2) is 40.5 Å². The molecule has 1 aromatic carbocycles. The van der Waals surface area contributed by atoms with Crippen LogP contribution in [0.4, 0.5) is 4.79 Å². The van der Waals surface area contributed by atoms with Crippen LogP contribution in [-0.2, 0) is 16.9 Å². The third-order valence-corrected chi connectivity index (χ3v) is 5.17. The maximum atomic E-state index is 12.0. The highest BCUT2D eigenvalue weighted by Crippen LogP contribution is 2.49. The zero-order valence-corrected chi connectivity index (χ0v) is 14.7. The molecule has 3 heterocycles. The predicted molar refractivity (Wildman–Crippen MR) is 93.5 cm³/mol. The van der Waals surface area contributed by atoms with E-state index in [1.54, 1.807) is 4.90 Å². The first-order valence-corrected chi connectivity index (χ1v) is 8.95. The number of para-hydroxylation sites is 1. The number of aromatic nitrogens is 2. The highest BCUT2D eigenvalue weighted by Gasteiger charge is 2.46. The van der Waals surface area contributed by atoms with Crippen LogP contribution in [0.2, 0.25) is 0 Å². The number of aryl methyl sites for hydroxylation is 1. The lowest BCUT2D eigenvalue weighted by Crippen LogP contribution is -2.49. The Kier molecular flexibility index (Phi) is 3.90. The zero-order chi connectivity index (χ0) is 17.4. The minimum absolute atomic E-state index is 0.238. The number of piperidine rings is 1. The molecule has 2 aliphatic heterocycles. The quantitative estimate of drug-likeness (QED) is 0.840. The number of hydrogen-bond donors (Lipinski definition) is 0. The molecule has 6 heteroatoms. The molecule has 0 aliphatic carbocycles. The third kappa shape index (κ3) is 2.47. The van der Waals surface area contributed by atoms with Crippen molar-refractivity contribution in [3.8, 4) is 17.0 Å². The summed E-state index contributed by atoms with van der Waals surface area (Å²) in [5.41, 5.74) is 2.96. The average molecular weight is 341 g/mol. The van der Waals surface area contributed by atoms with E-state index in [9.17, 15) is 4.79 Å². The first-order chi connectivity index (χ1) is 12.2. The Morgan fingerprint density at radius 3 is 2.76 bits per heavy atom. The van der Waals surface area contributed by atoms with Gasteiger partial charge in [0.05, 0.1) is 18.5 Å². The summed E-state index contributed by atoms with van der Waals surface area (Å²) in [7, 11) is 0. The van der Waals surface area contributed by atoms with E-state index in [4.69, 9.17) is 9.47 Å². The van der Waals surface area contributed by atoms with Gasteiger partial charge in [0.15, 0.2) is 0 Å². The number of likely N-dealkylation sites (tertiary alicyclic amines) is 1. The van der Waals surface area contributed by atoms with Crippen molar-refractivity contribution in [2.75, 3.05) is 19.7 Å². The Morgan fingerprint density at radius 2 is 2.04 bits per heavy atom. The van der Waals surface area contributed by atoms with Gasteiger partial charge in [-0.25, -0.2) is 4.79 Å². The number of rotatable bonds is 2. The molecule has 0 N–H and O–H groups in total. The molecule has 1 fully saturated rings. The number of nitrogens with zero attached hydrogens (tertiary/aromatic N) is 3. The molecule has 132 valence electrons. The lowest BCUT2D eigenvalue weighted by atomic mass is 9.81. The highest BCUT2D eigenvalue weighted by molar-refractivity contribution is 5.74. The first-order valence-electron chi connectivity index (χ1n) is 8.95. The molecule has 1 spiro atoms. The van der Waals surface area contributed by atoms with Crippen molar-refractivity contribution in [2.24, 2.45) is 0 Å². The van der Waals surface area contributed by atoms with Crippen LogP contribution in [0, 0.1) is 0 Å². The SMILES string of the molecule is CCOC(=O)N1CCC2(CC1)Oc1ccccc1-c1c2cnn1CC. The number of carbonyl (C=O) groups excluding carboxylic acids is 1. The standard InChI is InChI=1S/C19H23N3O3/c1-3-22-17-14-7-5-6-8-16(14)25-19(15(17)13-20-22)9-11-21(12-10-19)18(23)24-4-2/h5-8,13H,3-4,9-12H2,1-2H3. The van der Waals surface area contributed by atoms with Crippen molar-refractivity contribution in [1.29, 1.82) is 0 Å². The van der Waals surface area contributed by atoms with Crippen molar-refractivity contribution >= 4 is 6.09 Å². The summed E-state index contributed by atoms with van der Waals surface area (Å²) in [5.74, 6) is 0.898. The topological polar surface area (TPSA) is 56.6 Å². The molecule has 1 aromatic heterocycles. The van der Waals surface area contributed by atoms with E-state index in [-0.39, 0.29) is 6.09 Å². The summed E-state index contributed by atoms with van der Waals surface area (Å²) < 4.78 is 13.7. The molecular weight excluding hydrogens is 318 g/mol. The fourth-order valence-corrected chi connectivity index (χ4v) is 3.90. The number of ether oxygens (including phenoxy) is 2. The van der Waals surface area contributed by atoms with Crippen LogP contribution in [0.1, 0.15) is 32.3 Å². The van der Waals surface area contributed by atoms with Crippen LogP contribution >= 0.6 is 0 Å². The lowest BCUT2D eigenvalue weighted by Gasteiger charge is -2.44. The molecule has 0 atom stereocenters. The molecule has 25 heavy (non-hydrogen) atoms. The molecule has 1 amide bonds. The van der Waals surface area contributed by atoms with Crippen LogP contribution < -0.4 is 4.74 Å². The number of fused-ring (bicyclic) bond motifs is 4. The van der Waals surface area contributed by atoms with Crippen molar-refractivity contribution in [3.63, 3.8) is 0 Å². The summed E-state index contributed by atoms with van der Waals surface area (Å²) in [6, 6.07) is 8.13. The fourth-order valence-electron chi connectivity index (χ4n) is 3.90. The van der Waals surface area contributed by atoms with E-state index in [2.05, 4.69) is 18.1 Å². The van der Waals surface area contributed by atoms with E-state index in [0.29, 0.717) is 19.7 Å². The third-order valence-electron chi connectivity index (χ3n) is 5.17. The minimum atomic E-state index is -0.417.